The second kappa shape index (κ2) is 10.1. The Kier molecular flexibility index (Phi) is 7.02. The van der Waals surface area contributed by atoms with Crippen molar-refractivity contribution in [2.24, 2.45) is 0 Å². The number of amides is 1. The van der Waals surface area contributed by atoms with Crippen LogP contribution in [0.1, 0.15) is 34.1 Å². The second-order valence-electron chi connectivity index (χ2n) is 8.15. The highest BCUT2D eigenvalue weighted by atomic mass is 32.2. The predicted molar refractivity (Wildman–Crippen MR) is 135 cm³/mol. The van der Waals surface area contributed by atoms with Gasteiger partial charge in [-0.3, -0.25) is 9.48 Å². The normalized spacial score (nSPS) is 11.3. The van der Waals surface area contributed by atoms with Crippen molar-refractivity contribution >= 4 is 15.9 Å². The summed E-state index contributed by atoms with van der Waals surface area (Å²) in [6, 6.07) is 22.8. The van der Waals surface area contributed by atoms with Crippen molar-refractivity contribution in [1.82, 2.24) is 14.5 Å². The number of rotatable bonds is 8. The van der Waals surface area contributed by atoms with Crippen LogP contribution < -0.4 is 9.46 Å². The molecule has 3 aromatic carbocycles. The molecule has 0 unspecified atom stereocenters. The highest BCUT2D eigenvalue weighted by Crippen LogP contribution is 2.24. The fraction of sp³-hybridized carbons (Fsp3) is 0.185. The monoisotopic (exact) mass is 489 g/mol. The summed E-state index contributed by atoms with van der Waals surface area (Å²) < 4.78 is 34.8. The Bertz CT molecular complexity index is 1420. The molecular formula is C27H27N3O4S. The van der Waals surface area contributed by atoms with E-state index in [9.17, 15) is 13.2 Å². The summed E-state index contributed by atoms with van der Waals surface area (Å²) in [6.07, 6.45) is 0. The van der Waals surface area contributed by atoms with Crippen LogP contribution in [0.4, 0.5) is 0 Å². The van der Waals surface area contributed by atoms with Gasteiger partial charge in [0.2, 0.25) is 0 Å². The smallest absolute Gasteiger partial charge is 0.283 e. The van der Waals surface area contributed by atoms with Gasteiger partial charge in [-0.25, -0.2) is 13.1 Å². The molecule has 0 saturated carbocycles. The zero-order valence-corrected chi connectivity index (χ0v) is 20.7. The summed E-state index contributed by atoms with van der Waals surface area (Å²) in [6.45, 7) is 6.79. The second-order valence-corrected chi connectivity index (χ2v) is 9.83. The first-order valence-electron chi connectivity index (χ1n) is 11.3. The van der Waals surface area contributed by atoms with Crippen molar-refractivity contribution in [3.05, 3.63) is 101 Å². The van der Waals surface area contributed by atoms with Crippen molar-refractivity contribution in [2.45, 2.75) is 32.2 Å². The van der Waals surface area contributed by atoms with E-state index in [1.165, 1.54) is 12.1 Å². The summed E-state index contributed by atoms with van der Waals surface area (Å²) in [5, 5.41) is 4.68. The number of aryl methyl sites for hydroxylation is 2. The van der Waals surface area contributed by atoms with Gasteiger partial charge in [0, 0.05) is 5.56 Å². The first-order chi connectivity index (χ1) is 16.8. The third-order valence-corrected chi connectivity index (χ3v) is 7.05. The Morgan fingerprint density at radius 2 is 1.60 bits per heavy atom. The quantitative estimate of drug-likeness (QED) is 0.386. The molecule has 7 nitrogen and oxygen atoms in total. The average Bonchev–Trinajstić information content (AvgIpc) is 3.27. The summed E-state index contributed by atoms with van der Waals surface area (Å²) >= 11 is 0. The molecule has 0 aliphatic rings. The third kappa shape index (κ3) is 5.44. The summed E-state index contributed by atoms with van der Waals surface area (Å²) in [7, 11) is -4.04. The van der Waals surface area contributed by atoms with Crippen LogP contribution in [0.3, 0.4) is 0 Å². The van der Waals surface area contributed by atoms with Crippen LogP contribution in [0.25, 0.3) is 11.3 Å². The maximum atomic E-state index is 13.2. The number of nitrogens with zero attached hydrogens (tertiary/aromatic N) is 2. The van der Waals surface area contributed by atoms with Crippen molar-refractivity contribution in [1.29, 1.82) is 0 Å². The van der Waals surface area contributed by atoms with Gasteiger partial charge in [-0.1, -0.05) is 36.4 Å². The van der Waals surface area contributed by atoms with Gasteiger partial charge in [-0.2, -0.15) is 5.10 Å². The number of ether oxygens (including phenoxy) is 1. The van der Waals surface area contributed by atoms with E-state index in [4.69, 9.17) is 4.74 Å². The van der Waals surface area contributed by atoms with Crippen molar-refractivity contribution in [3.8, 4) is 17.0 Å². The van der Waals surface area contributed by atoms with E-state index in [0.29, 0.717) is 18.8 Å². The minimum Gasteiger partial charge on any atom is -0.494 e. The number of carbonyl (C=O) groups excluding carboxylic acids is 1. The predicted octanol–water partition coefficient (Wildman–Crippen LogP) is 4.73. The number of carbonyl (C=O) groups is 1. The maximum Gasteiger partial charge on any atom is 0.283 e. The van der Waals surface area contributed by atoms with E-state index in [0.717, 1.165) is 28.0 Å². The summed E-state index contributed by atoms with van der Waals surface area (Å²) in [5.41, 5.74) is 4.64. The van der Waals surface area contributed by atoms with Crippen molar-refractivity contribution < 1.29 is 17.9 Å². The number of sulfonamides is 1. The van der Waals surface area contributed by atoms with Crippen LogP contribution in [0, 0.1) is 13.8 Å². The average molecular weight is 490 g/mol. The summed E-state index contributed by atoms with van der Waals surface area (Å²) in [4.78, 5) is 13.2. The molecule has 1 heterocycles. The number of hydrogen-bond acceptors (Lipinski definition) is 5. The zero-order valence-electron chi connectivity index (χ0n) is 19.9. The SMILES string of the molecule is CCOc1ccc(-c2cc(C(=O)NS(=O)(=O)c3ccccc3)n(Cc3c(C)cccc3C)n2)cc1. The van der Waals surface area contributed by atoms with Crippen molar-refractivity contribution in [3.63, 3.8) is 0 Å². The lowest BCUT2D eigenvalue weighted by molar-refractivity contribution is 0.0971. The number of aromatic nitrogens is 2. The minimum absolute atomic E-state index is 0.0147. The van der Waals surface area contributed by atoms with Gasteiger partial charge < -0.3 is 4.74 Å². The molecule has 0 radical (unpaired) electrons. The number of nitrogens with one attached hydrogen (secondary N) is 1. The van der Waals surface area contributed by atoms with E-state index in [2.05, 4.69) is 9.82 Å². The van der Waals surface area contributed by atoms with E-state index in [-0.39, 0.29) is 10.6 Å². The highest BCUT2D eigenvalue weighted by molar-refractivity contribution is 7.90. The first-order valence-corrected chi connectivity index (χ1v) is 12.7. The molecule has 180 valence electrons. The molecule has 0 aliphatic carbocycles. The van der Waals surface area contributed by atoms with Gasteiger partial charge in [0.1, 0.15) is 11.4 Å². The standard InChI is InChI=1S/C27H27N3O4S/c1-4-34-22-15-13-21(14-16-22)25-17-26(27(31)29-35(32,33)23-11-6-5-7-12-23)30(28-25)18-24-19(2)9-8-10-20(24)3/h5-17H,4,18H2,1-3H3,(H,29,31). The Balaban J connectivity index is 1.73. The third-order valence-electron chi connectivity index (χ3n) is 5.71. The van der Waals surface area contributed by atoms with Crippen LogP contribution in [0.5, 0.6) is 5.75 Å². The zero-order chi connectivity index (χ0) is 25.0. The van der Waals surface area contributed by atoms with Gasteiger partial charge in [-0.15, -0.1) is 0 Å². The van der Waals surface area contributed by atoms with E-state index in [1.807, 2.05) is 63.2 Å². The van der Waals surface area contributed by atoms with Gasteiger partial charge in [0.25, 0.3) is 15.9 Å². The molecule has 0 bridgehead atoms. The highest BCUT2D eigenvalue weighted by Gasteiger charge is 2.23. The lowest BCUT2D eigenvalue weighted by atomic mass is 10.0. The number of hydrogen-bond donors (Lipinski definition) is 1. The molecule has 35 heavy (non-hydrogen) atoms. The molecule has 8 heteroatoms. The molecule has 0 saturated heterocycles. The maximum absolute atomic E-state index is 13.2. The molecule has 1 amide bonds. The van der Waals surface area contributed by atoms with Crippen LogP contribution >= 0.6 is 0 Å². The van der Waals surface area contributed by atoms with Crippen LogP contribution in [-0.2, 0) is 16.6 Å². The summed E-state index contributed by atoms with van der Waals surface area (Å²) in [5.74, 6) is -0.0112. The molecule has 0 aliphatic heterocycles. The largest absolute Gasteiger partial charge is 0.494 e. The molecule has 0 fully saturated rings. The van der Waals surface area contributed by atoms with Gasteiger partial charge in [0.05, 0.1) is 23.7 Å². The minimum atomic E-state index is -4.04. The van der Waals surface area contributed by atoms with E-state index in [1.54, 1.807) is 28.9 Å². The lowest BCUT2D eigenvalue weighted by Gasteiger charge is -2.13. The molecule has 0 spiro atoms. The Morgan fingerprint density at radius 3 is 2.23 bits per heavy atom. The van der Waals surface area contributed by atoms with Crippen molar-refractivity contribution in [2.75, 3.05) is 6.61 Å². The topological polar surface area (TPSA) is 90.3 Å². The molecule has 4 aromatic rings. The van der Waals surface area contributed by atoms with Crippen LogP contribution in [0.2, 0.25) is 0 Å². The molecule has 0 atom stereocenters. The Morgan fingerprint density at radius 1 is 0.943 bits per heavy atom. The van der Waals surface area contributed by atoms with Gasteiger partial charge in [0.15, 0.2) is 0 Å². The number of benzene rings is 3. The molecule has 1 N–H and O–H groups in total. The first kappa shape index (κ1) is 24.2. The van der Waals surface area contributed by atoms with E-state index < -0.39 is 15.9 Å². The fourth-order valence-electron chi connectivity index (χ4n) is 3.83. The van der Waals surface area contributed by atoms with Crippen LogP contribution in [0.15, 0.2) is 83.8 Å². The molecular weight excluding hydrogens is 462 g/mol. The Labute approximate surface area is 205 Å². The van der Waals surface area contributed by atoms with Gasteiger partial charge in [-0.05, 0) is 79.9 Å². The van der Waals surface area contributed by atoms with Gasteiger partial charge >= 0.3 is 0 Å². The molecule has 4 rings (SSSR count). The van der Waals surface area contributed by atoms with Crippen LogP contribution in [-0.4, -0.2) is 30.7 Å². The van der Waals surface area contributed by atoms with E-state index >= 15 is 0 Å². The molecule has 1 aromatic heterocycles. The Hall–Kier alpha value is -3.91. The fourth-order valence-corrected chi connectivity index (χ4v) is 4.81. The lowest BCUT2D eigenvalue weighted by Crippen LogP contribution is -2.32.